The number of hydrogen-bond donors (Lipinski definition) is 2. The van der Waals surface area contributed by atoms with Crippen molar-refractivity contribution in [2.24, 2.45) is 0 Å². The van der Waals surface area contributed by atoms with Gasteiger partial charge in [-0.2, -0.15) is 0 Å². The molecule has 2 nitrogen and oxygen atoms in total. The Bertz CT molecular complexity index is 290. The zero-order chi connectivity index (χ0) is 8.97. The van der Waals surface area contributed by atoms with Crippen LogP contribution in [0.4, 0.5) is 0 Å². The molecule has 0 aromatic heterocycles. The van der Waals surface area contributed by atoms with Crippen molar-refractivity contribution < 1.29 is 10.2 Å². The number of phenols is 2. The van der Waals surface area contributed by atoms with Crippen LogP contribution < -0.4 is 0 Å². The molecule has 1 rings (SSSR count). The van der Waals surface area contributed by atoms with E-state index in [4.69, 9.17) is 5.11 Å². The molecule has 0 radical (unpaired) electrons. The predicted octanol–water partition coefficient (Wildman–Crippen LogP) is 2.22. The molecule has 12 heavy (non-hydrogen) atoms. The molecule has 0 fully saturated rings. The normalized spacial score (nSPS) is 10.8. The molecular formula is C10H12O2. The molecule has 0 atom stereocenters. The fourth-order valence-electron chi connectivity index (χ4n) is 0.980. The second-order valence-corrected chi connectivity index (χ2v) is 2.59. The van der Waals surface area contributed by atoms with Crippen molar-refractivity contribution in [3.8, 4) is 11.5 Å². The van der Waals surface area contributed by atoms with Crippen LogP contribution in [0, 0.1) is 0 Å². The molecule has 0 saturated heterocycles. The van der Waals surface area contributed by atoms with Crippen molar-refractivity contribution >= 4 is 0 Å². The van der Waals surface area contributed by atoms with Crippen LogP contribution >= 0.6 is 0 Å². The summed E-state index contributed by atoms with van der Waals surface area (Å²) < 4.78 is 0. The summed E-state index contributed by atoms with van der Waals surface area (Å²) in [6.45, 7) is 1.92. The van der Waals surface area contributed by atoms with E-state index in [-0.39, 0.29) is 11.5 Å². The third-order valence-corrected chi connectivity index (χ3v) is 1.64. The van der Waals surface area contributed by atoms with Gasteiger partial charge in [-0.05, 0) is 31.5 Å². The Morgan fingerprint density at radius 3 is 2.75 bits per heavy atom. The third-order valence-electron chi connectivity index (χ3n) is 1.64. The first-order valence-electron chi connectivity index (χ1n) is 3.86. The van der Waals surface area contributed by atoms with E-state index in [0.29, 0.717) is 6.42 Å². The van der Waals surface area contributed by atoms with Gasteiger partial charge in [-0.1, -0.05) is 12.2 Å². The lowest BCUT2D eigenvalue weighted by atomic mass is 10.1. The van der Waals surface area contributed by atoms with Crippen LogP contribution in [-0.2, 0) is 6.42 Å². The Balaban J connectivity index is 2.89. The minimum Gasteiger partial charge on any atom is -0.508 e. The fraction of sp³-hybridized carbons (Fsp3) is 0.200. The smallest absolute Gasteiger partial charge is 0.119 e. The maximum absolute atomic E-state index is 9.32. The zero-order valence-corrected chi connectivity index (χ0v) is 6.99. The lowest BCUT2D eigenvalue weighted by molar-refractivity contribution is 0.455. The van der Waals surface area contributed by atoms with Crippen molar-refractivity contribution in [2.45, 2.75) is 13.3 Å². The molecule has 2 heteroatoms. The van der Waals surface area contributed by atoms with E-state index < -0.39 is 0 Å². The largest absolute Gasteiger partial charge is 0.508 e. The lowest BCUT2D eigenvalue weighted by Crippen LogP contribution is -1.81. The van der Waals surface area contributed by atoms with Gasteiger partial charge in [0, 0.05) is 5.56 Å². The maximum atomic E-state index is 9.32. The highest BCUT2D eigenvalue weighted by Crippen LogP contribution is 2.22. The summed E-state index contributed by atoms with van der Waals surface area (Å²) in [6.07, 6.45) is 4.48. The van der Waals surface area contributed by atoms with Crippen LogP contribution in [-0.4, -0.2) is 10.2 Å². The van der Waals surface area contributed by atoms with Crippen LogP contribution in [0.2, 0.25) is 0 Å². The van der Waals surface area contributed by atoms with Crippen LogP contribution in [0.1, 0.15) is 12.5 Å². The summed E-state index contributed by atoms with van der Waals surface area (Å²) in [4.78, 5) is 0. The number of phenolic OH excluding ortho intramolecular Hbond substituents is 2. The second-order valence-electron chi connectivity index (χ2n) is 2.59. The Morgan fingerprint density at radius 1 is 1.33 bits per heavy atom. The number of rotatable bonds is 2. The van der Waals surface area contributed by atoms with E-state index in [9.17, 15) is 5.11 Å². The molecule has 1 aromatic carbocycles. The van der Waals surface area contributed by atoms with Crippen molar-refractivity contribution in [1.82, 2.24) is 0 Å². The minimum atomic E-state index is 0.187. The summed E-state index contributed by atoms with van der Waals surface area (Å²) in [5, 5.41) is 18.4. The monoisotopic (exact) mass is 164 g/mol. The van der Waals surface area contributed by atoms with Gasteiger partial charge >= 0.3 is 0 Å². The first-order valence-corrected chi connectivity index (χ1v) is 3.86. The van der Waals surface area contributed by atoms with Crippen molar-refractivity contribution in [1.29, 1.82) is 0 Å². The number of allylic oxidation sites excluding steroid dienone is 2. The Morgan fingerprint density at radius 2 is 2.08 bits per heavy atom. The molecule has 2 N–H and O–H groups in total. The summed E-state index contributed by atoms with van der Waals surface area (Å²) in [5.74, 6) is 0.415. The van der Waals surface area contributed by atoms with Gasteiger partial charge in [0.2, 0.25) is 0 Å². The van der Waals surface area contributed by atoms with Gasteiger partial charge in [0.15, 0.2) is 0 Å². The predicted molar refractivity (Wildman–Crippen MR) is 48.3 cm³/mol. The molecule has 0 saturated carbocycles. The van der Waals surface area contributed by atoms with Gasteiger partial charge < -0.3 is 10.2 Å². The summed E-state index contributed by atoms with van der Waals surface area (Å²) in [7, 11) is 0. The number of aromatic hydroxyl groups is 2. The van der Waals surface area contributed by atoms with E-state index >= 15 is 0 Å². The van der Waals surface area contributed by atoms with E-state index in [1.807, 2.05) is 19.1 Å². The molecule has 0 bridgehead atoms. The van der Waals surface area contributed by atoms with E-state index in [0.717, 1.165) is 5.56 Å². The molecule has 0 spiro atoms. The third kappa shape index (κ3) is 2.02. The second kappa shape index (κ2) is 3.81. The quantitative estimate of drug-likeness (QED) is 0.519. The molecule has 0 unspecified atom stereocenters. The average Bonchev–Trinajstić information content (AvgIpc) is 2.07. The van der Waals surface area contributed by atoms with Gasteiger partial charge in [0.1, 0.15) is 11.5 Å². The summed E-state index contributed by atoms with van der Waals surface area (Å²) in [5.41, 5.74) is 0.744. The lowest BCUT2D eigenvalue weighted by Gasteiger charge is -2.01. The van der Waals surface area contributed by atoms with Crippen molar-refractivity contribution in [3.05, 3.63) is 35.9 Å². The van der Waals surface area contributed by atoms with Crippen LogP contribution in [0.5, 0.6) is 11.5 Å². The molecule has 0 amide bonds. The highest BCUT2D eigenvalue weighted by atomic mass is 16.3. The number of benzene rings is 1. The van der Waals surface area contributed by atoms with Crippen LogP contribution in [0.15, 0.2) is 30.4 Å². The standard InChI is InChI=1S/C10H12O2/c1-2-3-4-8-7-9(11)5-6-10(8)12/h2-3,5-7,11-12H,4H2,1H3. The molecule has 64 valence electrons. The van der Waals surface area contributed by atoms with Gasteiger partial charge in [-0.25, -0.2) is 0 Å². The van der Waals surface area contributed by atoms with Gasteiger partial charge in [0.05, 0.1) is 0 Å². The molecule has 0 aliphatic heterocycles. The first kappa shape index (κ1) is 8.65. The molecule has 1 aromatic rings. The Labute approximate surface area is 71.8 Å². The van der Waals surface area contributed by atoms with E-state index in [1.165, 1.54) is 12.1 Å². The molecule has 0 aliphatic rings. The van der Waals surface area contributed by atoms with Crippen molar-refractivity contribution in [3.63, 3.8) is 0 Å². The van der Waals surface area contributed by atoms with E-state index in [1.54, 1.807) is 6.07 Å². The van der Waals surface area contributed by atoms with Crippen molar-refractivity contribution in [2.75, 3.05) is 0 Å². The topological polar surface area (TPSA) is 40.5 Å². The van der Waals surface area contributed by atoms with Gasteiger partial charge in [-0.15, -0.1) is 0 Å². The first-order chi connectivity index (χ1) is 5.74. The molecule has 0 heterocycles. The summed E-state index contributed by atoms with van der Waals surface area (Å²) in [6, 6.07) is 4.53. The minimum absolute atomic E-state index is 0.187. The average molecular weight is 164 g/mol. The van der Waals surface area contributed by atoms with Gasteiger partial charge in [0.25, 0.3) is 0 Å². The van der Waals surface area contributed by atoms with E-state index in [2.05, 4.69) is 0 Å². The molecular weight excluding hydrogens is 152 g/mol. The zero-order valence-electron chi connectivity index (χ0n) is 6.99. The van der Waals surface area contributed by atoms with Gasteiger partial charge in [-0.3, -0.25) is 0 Å². The maximum Gasteiger partial charge on any atom is 0.119 e. The molecule has 0 aliphatic carbocycles. The highest BCUT2D eigenvalue weighted by molar-refractivity contribution is 5.39. The fourth-order valence-corrected chi connectivity index (χ4v) is 0.980. The van der Waals surface area contributed by atoms with Crippen LogP contribution in [0.25, 0.3) is 0 Å². The Hall–Kier alpha value is -1.44. The number of hydrogen-bond acceptors (Lipinski definition) is 2. The van der Waals surface area contributed by atoms with Crippen LogP contribution in [0.3, 0.4) is 0 Å². The highest BCUT2D eigenvalue weighted by Gasteiger charge is 1.99. The summed E-state index contributed by atoms with van der Waals surface area (Å²) >= 11 is 0. The SMILES string of the molecule is CC=CCc1cc(O)ccc1O. The Kier molecular flexibility index (Phi) is 2.75.